The van der Waals surface area contributed by atoms with E-state index >= 15 is 0 Å². The summed E-state index contributed by atoms with van der Waals surface area (Å²) in [5, 5.41) is 11.8. The molecule has 11 heteroatoms. The fourth-order valence-corrected chi connectivity index (χ4v) is 3.92. The molecule has 0 aliphatic rings. The number of hydrogen-bond donors (Lipinski definition) is 1. The van der Waals surface area contributed by atoms with Crippen molar-refractivity contribution in [3.8, 4) is 5.75 Å². The maximum absolute atomic E-state index is 13.2. The number of likely N-dealkylation sites (N-methyl/N-ethyl adjacent to an activating group) is 1. The Balaban J connectivity index is 2.03. The van der Waals surface area contributed by atoms with Crippen LogP contribution in [0.25, 0.3) is 6.08 Å². The van der Waals surface area contributed by atoms with Crippen LogP contribution in [-0.2, 0) is 19.2 Å². The molecular weight excluding hydrogens is 530 g/mol. The van der Waals surface area contributed by atoms with E-state index in [4.69, 9.17) is 9.47 Å². The van der Waals surface area contributed by atoms with Gasteiger partial charge in [0.15, 0.2) is 0 Å². The third-order valence-electron chi connectivity index (χ3n) is 6.20. The Morgan fingerprint density at radius 3 is 2.39 bits per heavy atom. The highest BCUT2D eigenvalue weighted by molar-refractivity contribution is 5.93. The number of ether oxygens (including phenoxy) is 2. The SMILES string of the molecule is CCCCC(OC(=O)CN(CC)CC)c1ccccc1C(=O)Oc1ccc(/C=C/C(=O)NCCCO[N+](=O)[O-])cc1. The van der Waals surface area contributed by atoms with Crippen LogP contribution in [0.4, 0.5) is 0 Å². The molecule has 2 rings (SSSR count). The van der Waals surface area contributed by atoms with Crippen LogP contribution < -0.4 is 10.1 Å². The first kappa shape index (κ1) is 33.0. The van der Waals surface area contributed by atoms with Crippen LogP contribution in [0.3, 0.4) is 0 Å². The molecule has 2 aromatic carbocycles. The average Bonchev–Trinajstić information content (AvgIpc) is 2.97. The van der Waals surface area contributed by atoms with Crippen molar-refractivity contribution in [3.63, 3.8) is 0 Å². The normalized spacial score (nSPS) is 11.7. The van der Waals surface area contributed by atoms with Crippen molar-refractivity contribution in [3.05, 3.63) is 81.4 Å². The highest BCUT2D eigenvalue weighted by Crippen LogP contribution is 2.28. The van der Waals surface area contributed by atoms with Crippen molar-refractivity contribution in [1.82, 2.24) is 10.2 Å². The van der Waals surface area contributed by atoms with E-state index < -0.39 is 17.2 Å². The summed E-state index contributed by atoms with van der Waals surface area (Å²) in [5.41, 5.74) is 1.64. The maximum atomic E-state index is 13.2. The van der Waals surface area contributed by atoms with E-state index in [1.54, 1.807) is 54.6 Å². The molecular formula is C30H39N3O8. The molecule has 1 atom stereocenters. The van der Waals surface area contributed by atoms with Gasteiger partial charge in [-0.25, -0.2) is 4.79 Å². The number of carbonyl (C=O) groups is 3. The highest BCUT2D eigenvalue weighted by atomic mass is 16.9. The van der Waals surface area contributed by atoms with Gasteiger partial charge in [0.05, 0.1) is 18.7 Å². The van der Waals surface area contributed by atoms with Gasteiger partial charge in [-0.1, -0.05) is 57.5 Å². The van der Waals surface area contributed by atoms with E-state index in [1.807, 2.05) is 18.7 Å². The molecule has 0 aliphatic carbocycles. The Morgan fingerprint density at radius 1 is 1.02 bits per heavy atom. The number of carbonyl (C=O) groups excluding carboxylic acids is 3. The predicted octanol–water partition coefficient (Wildman–Crippen LogP) is 4.75. The molecule has 0 radical (unpaired) electrons. The number of unbranched alkanes of at least 4 members (excludes halogenated alkanes) is 1. The lowest BCUT2D eigenvalue weighted by Gasteiger charge is -2.23. The first-order valence-corrected chi connectivity index (χ1v) is 13.8. The van der Waals surface area contributed by atoms with Crippen molar-refractivity contribution < 1.29 is 33.8 Å². The number of hydrogen-bond acceptors (Lipinski definition) is 9. The van der Waals surface area contributed by atoms with E-state index in [2.05, 4.69) is 17.1 Å². The van der Waals surface area contributed by atoms with Gasteiger partial charge in [0, 0.05) is 18.2 Å². The zero-order valence-corrected chi connectivity index (χ0v) is 23.9. The topological polar surface area (TPSA) is 137 Å². The Kier molecular flexibility index (Phi) is 14.6. The van der Waals surface area contributed by atoms with Crippen LogP contribution in [0.15, 0.2) is 54.6 Å². The maximum Gasteiger partial charge on any atom is 0.343 e. The summed E-state index contributed by atoms with van der Waals surface area (Å²) in [6.07, 6.45) is 5.00. The van der Waals surface area contributed by atoms with Gasteiger partial charge in [-0.2, -0.15) is 0 Å². The van der Waals surface area contributed by atoms with E-state index in [1.165, 1.54) is 6.08 Å². The first-order valence-electron chi connectivity index (χ1n) is 13.8. The molecule has 11 nitrogen and oxygen atoms in total. The monoisotopic (exact) mass is 569 g/mol. The lowest BCUT2D eigenvalue weighted by Crippen LogP contribution is -2.31. The molecule has 0 aliphatic heterocycles. The Morgan fingerprint density at radius 2 is 1.73 bits per heavy atom. The minimum Gasteiger partial charge on any atom is -0.457 e. The van der Waals surface area contributed by atoms with Gasteiger partial charge >= 0.3 is 11.9 Å². The lowest BCUT2D eigenvalue weighted by atomic mass is 9.98. The highest BCUT2D eigenvalue weighted by Gasteiger charge is 2.24. The molecule has 0 spiro atoms. The van der Waals surface area contributed by atoms with Gasteiger partial charge in [-0.15, -0.1) is 10.1 Å². The van der Waals surface area contributed by atoms with Crippen molar-refractivity contribution in [1.29, 1.82) is 0 Å². The van der Waals surface area contributed by atoms with Crippen LogP contribution >= 0.6 is 0 Å². The first-order chi connectivity index (χ1) is 19.8. The molecule has 0 fully saturated rings. The molecule has 0 saturated carbocycles. The van der Waals surface area contributed by atoms with Crippen molar-refractivity contribution in [2.45, 2.75) is 52.6 Å². The molecule has 0 saturated heterocycles. The van der Waals surface area contributed by atoms with Gasteiger partial charge in [-0.05, 0) is 62.2 Å². The third-order valence-corrected chi connectivity index (χ3v) is 6.20. The summed E-state index contributed by atoms with van der Waals surface area (Å²) in [6.45, 7) is 7.82. The summed E-state index contributed by atoms with van der Waals surface area (Å²) in [5.74, 6) is -0.931. The molecule has 1 unspecified atom stereocenters. The predicted molar refractivity (Wildman–Crippen MR) is 154 cm³/mol. The number of esters is 2. The van der Waals surface area contributed by atoms with E-state index in [9.17, 15) is 24.5 Å². The van der Waals surface area contributed by atoms with Gasteiger partial charge in [0.25, 0.3) is 5.09 Å². The molecule has 1 N–H and O–H groups in total. The fraction of sp³-hybridized carbons (Fsp3) is 0.433. The summed E-state index contributed by atoms with van der Waals surface area (Å²) in [7, 11) is 0. The summed E-state index contributed by atoms with van der Waals surface area (Å²) < 4.78 is 11.5. The second kappa shape index (κ2) is 18.2. The van der Waals surface area contributed by atoms with Crippen LogP contribution in [0.5, 0.6) is 5.75 Å². The van der Waals surface area contributed by atoms with Gasteiger partial charge in [0.1, 0.15) is 11.9 Å². The summed E-state index contributed by atoms with van der Waals surface area (Å²) in [6, 6.07) is 13.6. The van der Waals surface area contributed by atoms with Gasteiger partial charge in [0.2, 0.25) is 5.91 Å². The minimum absolute atomic E-state index is 0.0944. The number of rotatable bonds is 18. The standard InChI is InChI=1S/C30H39N3O8/c1-4-7-13-27(41-29(35)22-32(5-2)6-3)25-11-8-9-12-26(25)30(36)40-24-17-14-23(15-18-24)16-19-28(34)31-20-10-21-39-33(37)38/h8-9,11-12,14-19,27H,4-7,10,13,20-22H2,1-3H3,(H,31,34)/b19-16+. The van der Waals surface area contributed by atoms with Crippen LogP contribution in [-0.4, -0.2) is 60.6 Å². The average molecular weight is 570 g/mol. The molecule has 0 heterocycles. The van der Waals surface area contributed by atoms with E-state index in [0.29, 0.717) is 35.3 Å². The number of benzene rings is 2. The number of nitrogens with one attached hydrogen (secondary N) is 1. The second-order valence-electron chi connectivity index (χ2n) is 9.16. The van der Waals surface area contributed by atoms with Crippen LogP contribution in [0.1, 0.15) is 74.0 Å². The smallest absolute Gasteiger partial charge is 0.343 e. The van der Waals surface area contributed by atoms with Crippen LogP contribution in [0, 0.1) is 10.1 Å². The zero-order chi connectivity index (χ0) is 30.0. The second-order valence-corrected chi connectivity index (χ2v) is 9.16. The minimum atomic E-state index is -0.877. The molecule has 0 aromatic heterocycles. The molecule has 222 valence electrons. The lowest BCUT2D eigenvalue weighted by molar-refractivity contribution is -0.757. The summed E-state index contributed by atoms with van der Waals surface area (Å²) >= 11 is 0. The van der Waals surface area contributed by atoms with Gasteiger partial charge < -0.3 is 19.6 Å². The Hall–Kier alpha value is -4.25. The number of amides is 1. The van der Waals surface area contributed by atoms with E-state index in [0.717, 1.165) is 25.9 Å². The zero-order valence-electron chi connectivity index (χ0n) is 23.9. The fourth-order valence-electron chi connectivity index (χ4n) is 3.92. The number of nitrogens with zero attached hydrogens (tertiary/aromatic N) is 2. The molecule has 0 bridgehead atoms. The van der Waals surface area contributed by atoms with Crippen molar-refractivity contribution in [2.75, 3.05) is 32.8 Å². The molecule has 1 amide bonds. The summed E-state index contributed by atoms with van der Waals surface area (Å²) in [4.78, 5) is 54.0. The Labute approximate surface area is 240 Å². The van der Waals surface area contributed by atoms with E-state index in [-0.39, 0.29) is 31.6 Å². The van der Waals surface area contributed by atoms with Crippen molar-refractivity contribution >= 4 is 23.9 Å². The third kappa shape index (κ3) is 12.2. The van der Waals surface area contributed by atoms with Crippen molar-refractivity contribution in [2.24, 2.45) is 0 Å². The molecule has 2 aromatic rings. The largest absolute Gasteiger partial charge is 0.457 e. The Bertz CT molecular complexity index is 1160. The van der Waals surface area contributed by atoms with Gasteiger partial charge in [-0.3, -0.25) is 14.5 Å². The van der Waals surface area contributed by atoms with Crippen LogP contribution in [0.2, 0.25) is 0 Å². The molecule has 41 heavy (non-hydrogen) atoms. The quantitative estimate of drug-likeness (QED) is 0.0673.